The van der Waals surface area contributed by atoms with Crippen molar-refractivity contribution in [2.75, 3.05) is 36.4 Å². The van der Waals surface area contributed by atoms with Crippen molar-refractivity contribution in [2.24, 2.45) is 7.05 Å². The van der Waals surface area contributed by atoms with Crippen molar-refractivity contribution >= 4 is 28.4 Å². The molecule has 4 aromatic rings. The van der Waals surface area contributed by atoms with Gasteiger partial charge in [0.05, 0.1) is 11.7 Å². The average molecular weight is 428 g/mol. The van der Waals surface area contributed by atoms with Gasteiger partial charge in [-0.3, -0.25) is 9.67 Å². The molecule has 32 heavy (non-hydrogen) atoms. The zero-order chi connectivity index (χ0) is 21.5. The Bertz CT molecular complexity index is 1270. The molecule has 1 aliphatic carbocycles. The van der Waals surface area contributed by atoms with Gasteiger partial charge in [-0.2, -0.15) is 5.10 Å². The molecule has 0 bridgehead atoms. The van der Waals surface area contributed by atoms with E-state index < -0.39 is 0 Å². The van der Waals surface area contributed by atoms with E-state index in [2.05, 4.69) is 30.6 Å². The summed E-state index contributed by atoms with van der Waals surface area (Å²) < 4.78 is 1.75. The summed E-state index contributed by atoms with van der Waals surface area (Å²) in [5.41, 5.74) is 3.10. The first-order chi connectivity index (χ1) is 15.7. The summed E-state index contributed by atoms with van der Waals surface area (Å²) >= 11 is 0. The molecule has 1 saturated heterocycles. The van der Waals surface area contributed by atoms with Crippen LogP contribution >= 0.6 is 0 Å². The van der Waals surface area contributed by atoms with Gasteiger partial charge in [-0.25, -0.2) is 15.0 Å². The van der Waals surface area contributed by atoms with Crippen molar-refractivity contribution in [1.82, 2.24) is 35.0 Å². The first kappa shape index (κ1) is 19.1. The molecule has 0 amide bonds. The monoisotopic (exact) mass is 427 g/mol. The normalized spacial score (nSPS) is 16.5. The highest BCUT2D eigenvalue weighted by Gasteiger charge is 2.29. The quantitative estimate of drug-likeness (QED) is 0.502. The van der Waals surface area contributed by atoms with E-state index in [4.69, 9.17) is 9.97 Å². The first-order valence-electron chi connectivity index (χ1n) is 11.1. The highest BCUT2D eigenvalue weighted by Crippen LogP contribution is 2.44. The molecule has 1 saturated carbocycles. The lowest BCUT2D eigenvalue weighted by Crippen LogP contribution is -2.44. The van der Waals surface area contributed by atoms with Gasteiger partial charge in [0.25, 0.3) is 0 Å². The number of nitrogens with one attached hydrogen (secondary N) is 2. The van der Waals surface area contributed by atoms with Crippen LogP contribution in [0.2, 0.25) is 0 Å². The Morgan fingerprint density at radius 2 is 1.94 bits per heavy atom. The number of pyridine rings is 2. The second-order valence-electron chi connectivity index (χ2n) is 8.43. The summed E-state index contributed by atoms with van der Waals surface area (Å²) in [7, 11) is 1.89. The molecule has 6 rings (SSSR count). The minimum atomic E-state index is 0.581. The van der Waals surface area contributed by atoms with Crippen molar-refractivity contribution in [3.8, 4) is 11.4 Å². The van der Waals surface area contributed by atoms with Gasteiger partial charge in [0, 0.05) is 68.8 Å². The summed E-state index contributed by atoms with van der Waals surface area (Å²) in [6.45, 7) is 3.78. The highest BCUT2D eigenvalue weighted by molar-refractivity contribution is 5.94. The summed E-state index contributed by atoms with van der Waals surface area (Å²) in [6, 6.07) is 5.83. The largest absolute Gasteiger partial charge is 0.353 e. The molecule has 4 aromatic heterocycles. The molecule has 9 nitrogen and oxygen atoms in total. The lowest BCUT2D eigenvalue weighted by Gasteiger charge is -2.30. The lowest BCUT2D eigenvalue weighted by molar-refractivity contribution is 0.586. The van der Waals surface area contributed by atoms with E-state index in [1.54, 1.807) is 10.9 Å². The maximum Gasteiger partial charge on any atom is 0.162 e. The fourth-order valence-electron chi connectivity index (χ4n) is 4.28. The fourth-order valence-corrected chi connectivity index (χ4v) is 4.28. The summed E-state index contributed by atoms with van der Waals surface area (Å²) in [4.78, 5) is 21.4. The van der Waals surface area contributed by atoms with E-state index >= 15 is 0 Å². The maximum absolute atomic E-state index is 5.10. The molecular formula is C23H25N9. The minimum absolute atomic E-state index is 0.581. The molecule has 0 aromatic carbocycles. The second-order valence-corrected chi connectivity index (χ2v) is 8.43. The lowest BCUT2D eigenvalue weighted by atomic mass is 10.1. The Labute approximate surface area is 185 Å². The molecule has 0 radical (unpaired) electrons. The van der Waals surface area contributed by atoms with Crippen molar-refractivity contribution in [1.29, 1.82) is 0 Å². The zero-order valence-electron chi connectivity index (χ0n) is 18.0. The van der Waals surface area contributed by atoms with Crippen molar-refractivity contribution in [3.05, 3.63) is 48.5 Å². The Balaban J connectivity index is 1.45. The van der Waals surface area contributed by atoms with Gasteiger partial charge in [-0.15, -0.1) is 0 Å². The number of hydrogen-bond acceptors (Lipinski definition) is 8. The van der Waals surface area contributed by atoms with Crippen LogP contribution in [-0.2, 0) is 7.05 Å². The number of piperazine rings is 1. The fraction of sp³-hybridized carbons (Fsp3) is 0.348. The van der Waals surface area contributed by atoms with E-state index in [1.807, 2.05) is 43.8 Å². The van der Waals surface area contributed by atoms with E-state index in [1.165, 1.54) is 18.4 Å². The molecule has 2 fully saturated rings. The second kappa shape index (κ2) is 7.83. The molecule has 0 unspecified atom stereocenters. The van der Waals surface area contributed by atoms with E-state index in [0.717, 1.165) is 54.3 Å². The highest BCUT2D eigenvalue weighted by atomic mass is 15.3. The average Bonchev–Trinajstić information content (AvgIpc) is 3.60. The third kappa shape index (κ3) is 3.64. The van der Waals surface area contributed by atoms with Gasteiger partial charge in [-0.05, 0) is 36.5 Å². The molecular weight excluding hydrogens is 402 g/mol. The number of rotatable bonds is 5. The van der Waals surface area contributed by atoms with Crippen LogP contribution in [0.3, 0.4) is 0 Å². The number of aryl methyl sites for hydroxylation is 1. The van der Waals surface area contributed by atoms with Crippen LogP contribution in [0.1, 0.15) is 24.3 Å². The summed E-state index contributed by atoms with van der Waals surface area (Å²) in [5.74, 6) is 3.74. The van der Waals surface area contributed by atoms with Gasteiger partial charge >= 0.3 is 0 Å². The third-order valence-electron chi connectivity index (χ3n) is 6.04. The smallest absolute Gasteiger partial charge is 0.162 e. The molecule has 2 aliphatic rings. The van der Waals surface area contributed by atoms with Crippen LogP contribution in [0.25, 0.3) is 22.3 Å². The first-order valence-corrected chi connectivity index (χ1v) is 11.1. The minimum Gasteiger partial charge on any atom is -0.353 e. The van der Waals surface area contributed by atoms with Crippen molar-refractivity contribution in [3.63, 3.8) is 0 Å². The number of fused-ring (bicyclic) bond motifs is 1. The van der Waals surface area contributed by atoms with E-state index in [9.17, 15) is 0 Å². The SMILES string of the molecule is Cn1ccc(Nc2cc(-c3nc(N4CCNCC4)c4c(C5CC5)cncc4n3)ccn2)n1. The Morgan fingerprint density at radius 1 is 1.06 bits per heavy atom. The topological polar surface area (TPSA) is 96.7 Å². The maximum atomic E-state index is 5.10. The molecule has 1 aliphatic heterocycles. The number of hydrogen-bond donors (Lipinski definition) is 2. The standard InChI is InChI=1S/C23H25N9/c1-31-9-5-19(30-31)28-20-12-16(4-6-26-20)22-27-18-14-25-13-17(15-2-3-15)21(18)23(29-22)32-10-7-24-8-11-32/h4-6,9,12-15,24H,2-3,7-8,10-11H2,1H3,(H,26,28,30). The van der Waals surface area contributed by atoms with Crippen LogP contribution in [0.5, 0.6) is 0 Å². The van der Waals surface area contributed by atoms with Gasteiger partial charge in [0.2, 0.25) is 0 Å². The van der Waals surface area contributed by atoms with Gasteiger partial charge < -0.3 is 15.5 Å². The van der Waals surface area contributed by atoms with E-state index in [0.29, 0.717) is 17.6 Å². The predicted molar refractivity (Wildman–Crippen MR) is 124 cm³/mol. The number of anilines is 3. The molecule has 0 spiro atoms. The Morgan fingerprint density at radius 3 is 2.72 bits per heavy atom. The Kier molecular flexibility index (Phi) is 4.68. The van der Waals surface area contributed by atoms with Crippen LogP contribution in [0.15, 0.2) is 43.0 Å². The van der Waals surface area contributed by atoms with Crippen molar-refractivity contribution in [2.45, 2.75) is 18.8 Å². The van der Waals surface area contributed by atoms with Gasteiger partial charge in [-0.1, -0.05) is 0 Å². The van der Waals surface area contributed by atoms with E-state index in [-0.39, 0.29) is 0 Å². The Hall–Kier alpha value is -3.59. The third-order valence-corrected chi connectivity index (χ3v) is 6.04. The molecule has 9 heteroatoms. The van der Waals surface area contributed by atoms with Crippen LogP contribution in [0, 0.1) is 0 Å². The molecule has 162 valence electrons. The zero-order valence-corrected chi connectivity index (χ0v) is 18.0. The van der Waals surface area contributed by atoms with Gasteiger partial charge in [0.1, 0.15) is 11.6 Å². The summed E-state index contributed by atoms with van der Waals surface area (Å²) in [6.07, 6.45) is 9.98. The molecule has 5 heterocycles. The number of aromatic nitrogens is 6. The summed E-state index contributed by atoms with van der Waals surface area (Å²) in [5, 5.41) is 12.2. The van der Waals surface area contributed by atoms with Crippen LogP contribution in [-0.4, -0.2) is 55.9 Å². The molecule has 0 atom stereocenters. The van der Waals surface area contributed by atoms with Crippen molar-refractivity contribution < 1.29 is 0 Å². The number of nitrogens with zero attached hydrogens (tertiary/aromatic N) is 7. The molecule has 2 N–H and O–H groups in total. The van der Waals surface area contributed by atoms with Crippen LogP contribution in [0.4, 0.5) is 17.5 Å². The van der Waals surface area contributed by atoms with Crippen LogP contribution < -0.4 is 15.5 Å². The van der Waals surface area contributed by atoms with Gasteiger partial charge in [0.15, 0.2) is 11.6 Å². The predicted octanol–water partition coefficient (Wildman–Crippen LogP) is 2.85.